The van der Waals surface area contributed by atoms with Gasteiger partial charge < -0.3 is 0 Å². The first-order valence-corrected chi connectivity index (χ1v) is 3.23. The van der Waals surface area contributed by atoms with Crippen molar-refractivity contribution in [2.45, 2.75) is 12.4 Å². The molecule has 0 atom stereocenters. The number of hydrogen-bond donors (Lipinski definition) is 0. The van der Waals surface area contributed by atoms with Crippen LogP contribution in [-0.4, -0.2) is 9.78 Å². The van der Waals surface area contributed by atoms with Gasteiger partial charge in [0.2, 0.25) is 0 Å². The third-order valence-corrected chi connectivity index (χ3v) is 1.42. The lowest BCUT2D eigenvalue weighted by Gasteiger charge is -2.11. The first kappa shape index (κ1) is 10.9. The van der Waals surface area contributed by atoms with E-state index >= 15 is 0 Å². The highest BCUT2D eigenvalue weighted by atomic mass is 19.4. The summed E-state index contributed by atoms with van der Waals surface area (Å²) in [5, 5.41) is 2.80. The van der Waals surface area contributed by atoms with E-state index in [-0.39, 0.29) is 4.68 Å². The maximum atomic E-state index is 12.1. The van der Waals surface area contributed by atoms with E-state index in [1.54, 1.807) is 0 Å². The summed E-state index contributed by atoms with van der Waals surface area (Å²) in [7, 11) is 0.772. The maximum Gasteiger partial charge on any atom is 0.433 e. The highest BCUT2D eigenvalue weighted by Gasteiger charge is 2.46. The Labute approximate surface area is 74.1 Å². The fourth-order valence-electron chi connectivity index (χ4n) is 0.913. The lowest BCUT2D eigenvalue weighted by Crippen LogP contribution is -2.18. The molecule has 1 aromatic heterocycles. The van der Waals surface area contributed by atoms with Crippen molar-refractivity contribution in [3.8, 4) is 0 Å². The first-order chi connectivity index (χ1) is 6.14. The van der Waals surface area contributed by atoms with Crippen LogP contribution in [0.2, 0.25) is 0 Å². The van der Waals surface area contributed by atoms with Crippen LogP contribution in [0.4, 0.5) is 26.3 Å². The number of halogens is 6. The Morgan fingerprint density at radius 3 is 1.86 bits per heavy atom. The smallest absolute Gasteiger partial charge is 0.262 e. The molecule has 0 aliphatic rings. The van der Waals surface area contributed by atoms with E-state index in [0.29, 0.717) is 0 Å². The van der Waals surface area contributed by atoms with Crippen molar-refractivity contribution in [1.29, 1.82) is 0 Å². The van der Waals surface area contributed by atoms with E-state index in [2.05, 4.69) is 5.10 Å². The van der Waals surface area contributed by atoms with Gasteiger partial charge in [0.05, 0.1) is 0 Å². The molecule has 0 aliphatic carbocycles. The molecule has 1 heterocycles. The van der Waals surface area contributed by atoms with Gasteiger partial charge in [0.25, 0.3) is 0 Å². The Morgan fingerprint density at radius 1 is 1.07 bits per heavy atom. The lowest BCUT2D eigenvalue weighted by molar-refractivity contribution is -0.165. The molecule has 1 radical (unpaired) electrons. The topological polar surface area (TPSA) is 17.8 Å². The van der Waals surface area contributed by atoms with Gasteiger partial charge in [-0.2, -0.15) is 31.4 Å². The van der Waals surface area contributed by atoms with Crippen molar-refractivity contribution in [1.82, 2.24) is 9.78 Å². The van der Waals surface area contributed by atoms with Gasteiger partial charge in [0, 0.05) is 7.05 Å². The van der Waals surface area contributed by atoms with Gasteiger partial charge in [-0.1, -0.05) is 0 Å². The molecule has 2 nitrogen and oxygen atoms in total. The van der Waals surface area contributed by atoms with Crippen LogP contribution in [0.25, 0.3) is 0 Å². The summed E-state index contributed by atoms with van der Waals surface area (Å²) in [6.45, 7) is 0. The Balaban J connectivity index is 3.35. The van der Waals surface area contributed by atoms with E-state index in [1.165, 1.54) is 6.20 Å². The van der Waals surface area contributed by atoms with Gasteiger partial charge in [0.15, 0.2) is 5.69 Å². The van der Waals surface area contributed by atoms with Crippen LogP contribution in [0.3, 0.4) is 0 Å². The summed E-state index contributed by atoms with van der Waals surface area (Å²) < 4.78 is 72.4. The predicted octanol–water partition coefficient (Wildman–Crippen LogP) is 2.26. The highest BCUT2D eigenvalue weighted by molar-refractivity contribution is 5.22. The molecule has 0 fully saturated rings. The van der Waals surface area contributed by atoms with E-state index < -0.39 is 23.6 Å². The SMILES string of the molecule is Cn1n[c]c(C(F)(F)F)c1C(F)(F)F. The van der Waals surface area contributed by atoms with Crippen LogP contribution < -0.4 is 0 Å². The molecule has 1 rings (SSSR count). The number of aromatic nitrogens is 2. The molecule has 0 saturated heterocycles. The van der Waals surface area contributed by atoms with E-state index in [9.17, 15) is 26.3 Å². The molecule has 79 valence electrons. The second kappa shape index (κ2) is 2.89. The largest absolute Gasteiger partial charge is 0.433 e. The molecule has 0 aliphatic heterocycles. The molecule has 0 unspecified atom stereocenters. The zero-order valence-electron chi connectivity index (χ0n) is 6.66. The molecule has 0 N–H and O–H groups in total. The third-order valence-electron chi connectivity index (χ3n) is 1.42. The van der Waals surface area contributed by atoms with E-state index in [4.69, 9.17) is 0 Å². The van der Waals surface area contributed by atoms with Crippen molar-refractivity contribution in [3.05, 3.63) is 17.5 Å². The van der Waals surface area contributed by atoms with Crippen molar-refractivity contribution in [2.24, 2.45) is 7.05 Å². The van der Waals surface area contributed by atoms with Crippen molar-refractivity contribution in [2.75, 3.05) is 0 Å². The summed E-state index contributed by atoms with van der Waals surface area (Å²) in [4.78, 5) is 0. The zero-order chi connectivity index (χ0) is 11.1. The fraction of sp³-hybridized carbons (Fsp3) is 0.500. The molecule has 0 bridgehead atoms. The molecular weight excluding hydrogens is 214 g/mol. The number of hydrogen-bond acceptors (Lipinski definition) is 1. The average molecular weight is 217 g/mol. The molecule has 8 heteroatoms. The summed E-state index contributed by atoms with van der Waals surface area (Å²) in [6.07, 6.45) is -8.90. The van der Waals surface area contributed by atoms with Crippen molar-refractivity contribution >= 4 is 0 Å². The average Bonchev–Trinajstić information content (AvgIpc) is 2.27. The number of nitrogens with zero attached hydrogens (tertiary/aromatic N) is 2. The molecule has 0 saturated carbocycles. The highest BCUT2D eigenvalue weighted by Crippen LogP contribution is 2.39. The summed E-state index contributed by atoms with van der Waals surface area (Å²) in [6, 6.07) is 0. The normalized spacial score (nSPS) is 13.4. The van der Waals surface area contributed by atoms with Crippen LogP contribution in [0, 0.1) is 6.20 Å². The monoisotopic (exact) mass is 217 g/mol. The summed E-state index contributed by atoms with van der Waals surface area (Å²) in [5.41, 5.74) is -3.74. The fourth-order valence-corrected chi connectivity index (χ4v) is 0.913. The molecule has 14 heavy (non-hydrogen) atoms. The van der Waals surface area contributed by atoms with Crippen LogP contribution in [0.15, 0.2) is 0 Å². The van der Waals surface area contributed by atoms with Crippen LogP contribution in [0.1, 0.15) is 11.3 Å². The van der Waals surface area contributed by atoms with Gasteiger partial charge in [-0.05, 0) is 0 Å². The first-order valence-electron chi connectivity index (χ1n) is 3.23. The Bertz CT molecular complexity index is 333. The zero-order valence-corrected chi connectivity index (χ0v) is 6.66. The van der Waals surface area contributed by atoms with Crippen molar-refractivity contribution < 1.29 is 26.3 Å². The lowest BCUT2D eigenvalue weighted by atomic mass is 10.2. The van der Waals surface area contributed by atoms with Crippen LogP contribution in [0.5, 0.6) is 0 Å². The van der Waals surface area contributed by atoms with Crippen molar-refractivity contribution in [3.63, 3.8) is 0 Å². The van der Waals surface area contributed by atoms with Gasteiger partial charge >= 0.3 is 12.4 Å². The minimum Gasteiger partial charge on any atom is -0.262 e. The molecule has 0 spiro atoms. The minimum absolute atomic E-state index is 0.100. The molecule has 0 amide bonds. The number of rotatable bonds is 0. The van der Waals surface area contributed by atoms with Crippen LogP contribution >= 0.6 is 0 Å². The number of aryl methyl sites for hydroxylation is 1. The van der Waals surface area contributed by atoms with E-state index in [1.807, 2.05) is 0 Å². The second-order valence-electron chi connectivity index (χ2n) is 2.45. The summed E-state index contributed by atoms with van der Waals surface area (Å²) >= 11 is 0. The quantitative estimate of drug-likeness (QED) is 0.609. The summed E-state index contributed by atoms with van der Waals surface area (Å²) in [5.74, 6) is 0. The molecule has 0 aromatic carbocycles. The van der Waals surface area contributed by atoms with Crippen LogP contribution in [-0.2, 0) is 19.4 Å². The maximum absolute atomic E-state index is 12.1. The standard InChI is InChI=1S/C6H3F6N2/c1-14-4(6(10,11)12)3(2-13-14)5(7,8)9/h1H3. The van der Waals surface area contributed by atoms with Gasteiger partial charge in [-0.3, -0.25) is 4.68 Å². The van der Waals surface area contributed by atoms with Gasteiger partial charge in [-0.25, -0.2) is 0 Å². The van der Waals surface area contributed by atoms with Gasteiger partial charge in [0.1, 0.15) is 11.8 Å². The Kier molecular flexibility index (Phi) is 2.24. The number of alkyl halides is 6. The Hall–Kier alpha value is -1.21. The third kappa shape index (κ3) is 1.83. The molecule has 1 aromatic rings. The van der Waals surface area contributed by atoms with E-state index in [0.717, 1.165) is 7.05 Å². The second-order valence-corrected chi connectivity index (χ2v) is 2.45. The Morgan fingerprint density at radius 2 is 1.57 bits per heavy atom. The predicted molar refractivity (Wildman–Crippen MR) is 32.0 cm³/mol. The molecular formula is C6H3F6N2. The van der Waals surface area contributed by atoms with Gasteiger partial charge in [-0.15, -0.1) is 0 Å². The minimum atomic E-state index is -5.10.